The van der Waals surface area contributed by atoms with Crippen LogP contribution in [0, 0.1) is 10.1 Å². The summed E-state index contributed by atoms with van der Waals surface area (Å²) < 4.78 is -0.256. The molecule has 0 aromatic carbocycles. The number of hydrogen-bond acceptors (Lipinski definition) is 2. The molecular weight excluding hydrogens is 188 g/mol. The minimum absolute atomic E-state index is 0.150. The predicted molar refractivity (Wildman–Crippen MR) is 36.4 cm³/mol. The van der Waals surface area contributed by atoms with Crippen LogP contribution in [0.2, 0.25) is 0 Å². The molecule has 0 unspecified atom stereocenters. The van der Waals surface area contributed by atoms with Gasteiger partial charge in [0.1, 0.15) is 9.52 Å². The number of hydrogen-bond donors (Lipinski definition) is 0. The fourth-order valence-corrected chi connectivity index (χ4v) is 0.390. The fraction of sp³-hybridized carbons (Fsp3) is 0.333. The van der Waals surface area contributed by atoms with Crippen molar-refractivity contribution in [2.75, 3.05) is 6.54 Å². The summed E-state index contributed by atoms with van der Waals surface area (Å²) in [6, 6.07) is 0. The normalized spacial score (nSPS) is 8.78. The topological polar surface area (TPSA) is 43.1 Å². The first-order chi connectivity index (χ1) is 4.04. The molecule has 0 bridgehead atoms. The Hall–Kier alpha value is 0.01000. The third-order valence-corrected chi connectivity index (χ3v) is 1.43. The lowest BCUT2D eigenvalue weighted by atomic mass is 10.6. The maximum absolute atomic E-state index is 9.68. The first kappa shape index (κ1) is 9.01. The summed E-state index contributed by atoms with van der Waals surface area (Å²) in [7, 11) is 0. The number of halogens is 3. The van der Waals surface area contributed by atoms with Crippen LogP contribution < -0.4 is 0 Å². The maximum atomic E-state index is 9.68. The Morgan fingerprint density at radius 3 is 2.00 bits per heavy atom. The summed E-state index contributed by atoms with van der Waals surface area (Å²) in [6.45, 7) is -0.524. The quantitative estimate of drug-likeness (QED) is 0.495. The van der Waals surface area contributed by atoms with E-state index in [1.165, 1.54) is 0 Å². The minimum atomic E-state index is -0.618. The Kier molecular flexibility index (Phi) is 3.93. The van der Waals surface area contributed by atoms with E-state index in [1.54, 1.807) is 0 Å². The summed E-state index contributed by atoms with van der Waals surface area (Å²) in [5.41, 5.74) is 0. The van der Waals surface area contributed by atoms with Crippen LogP contribution in [0.15, 0.2) is 9.52 Å². The van der Waals surface area contributed by atoms with Gasteiger partial charge < -0.3 is 0 Å². The molecule has 9 heavy (non-hydrogen) atoms. The highest BCUT2D eigenvalue weighted by Crippen LogP contribution is 2.16. The van der Waals surface area contributed by atoms with Crippen molar-refractivity contribution in [3.8, 4) is 0 Å². The van der Waals surface area contributed by atoms with E-state index in [1.807, 2.05) is 0 Å². The van der Waals surface area contributed by atoms with Gasteiger partial charge >= 0.3 is 0 Å². The van der Waals surface area contributed by atoms with Crippen LogP contribution in [0.4, 0.5) is 0 Å². The molecule has 0 spiro atoms. The molecule has 0 aliphatic rings. The highest BCUT2D eigenvalue weighted by Gasteiger charge is 2.05. The Labute approximate surface area is 66.3 Å². The van der Waals surface area contributed by atoms with Gasteiger partial charge in [-0.1, -0.05) is 34.8 Å². The van der Waals surface area contributed by atoms with Crippen LogP contribution in [-0.2, 0) is 0 Å². The summed E-state index contributed by atoms with van der Waals surface area (Å²) >= 11 is 15.3. The Bertz CT molecular complexity index is 151. The van der Waals surface area contributed by atoms with Gasteiger partial charge in [0.2, 0.25) is 6.54 Å². The molecule has 52 valence electrons. The largest absolute Gasteiger partial charge is 0.264 e. The molecule has 0 saturated carbocycles. The lowest BCUT2D eigenvalue weighted by Gasteiger charge is -1.88. The molecule has 0 aromatic heterocycles. The Balaban J connectivity index is 3.92. The third-order valence-electron chi connectivity index (χ3n) is 0.473. The van der Waals surface area contributed by atoms with E-state index in [0.29, 0.717) is 0 Å². The smallest absolute Gasteiger partial charge is 0.241 e. The molecule has 0 saturated heterocycles. The van der Waals surface area contributed by atoms with Crippen molar-refractivity contribution in [3.05, 3.63) is 19.6 Å². The van der Waals surface area contributed by atoms with E-state index in [4.69, 9.17) is 34.8 Å². The maximum Gasteiger partial charge on any atom is 0.241 e. The van der Waals surface area contributed by atoms with Gasteiger partial charge in [-0.05, 0) is 0 Å². The molecule has 0 radical (unpaired) electrons. The molecule has 6 heteroatoms. The summed E-state index contributed by atoms with van der Waals surface area (Å²) in [5, 5.41) is 9.53. The molecular formula is C3H2Cl3NO2. The highest BCUT2D eigenvalue weighted by atomic mass is 35.5. The molecule has 0 aliphatic heterocycles. The first-order valence-corrected chi connectivity index (χ1v) is 2.99. The van der Waals surface area contributed by atoms with Gasteiger partial charge in [-0.15, -0.1) is 0 Å². The molecule has 0 rings (SSSR count). The second-order valence-corrected chi connectivity index (χ2v) is 2.56. The van der Waals surface area contributed by atoms with Gasteiger partial charge in [-0.2, -0.15) is 0 Å². The molecule has 0 fully saturated rings. The fourth-order valence-electron chi connectivity index (χ4n) is 0.173. The van der Waals surface area contributed by atoms with Crippen LogP contribution in [0.3, 0.4) is 0 Å². The van der Waals surface area contributed by atoms with Crippen LogP contribution in [0.5, 0.6) is 0 Å². The zero-order chi connectivity index (χ0) is 7.44. The molecule has 3 nitrogen and oxygen atoms in total. The van der Waals surface area contributed by atoms with Gasteiger partial charge in [-0.3, -0.25) is 10.1 Å². The zero-order valence-electron chi connectivity index (χ0n) is 4.10. The summed E-state index contributed by atoms with van der Waals surface area (Å²) in [5.74, 6) is 0. The lowest BCUT2D eigenvalue weighted by molar-refractivity contribution is -0.469. The zero-order valence-corrected chi connectivity index (χ0v) is 6.37. The predicted octanol–water partition coefficient (Wildman–Crippen LogP) is 2.15. The van der Waals surface area contributed by atoms with Crippen LogP contribution in [0.25, 0.3) is 0 Å². The van der Waals surface area contributed by atoms with E-state index in [-0.39, 0.29) is 9.52 Å². The average Bonchev–Trinajstić information content (AvgIpc) is 1.63. The van der Waals surface area contributed by atoms with Crippen molar-refractivity contribution >= 4 is 34.8 Å². The van der Waals surface area contributed by atoms with Gasteiger partial charge in [0.25, 0.3) is 0 Å². The van der Waals surface area contributed by atoms with Gasteiger partial charge in [0.05, 0.1) is 0 Å². The van der Waals surface area contributed by atoms with E-state index >= 15 is 0 Å². The molecule has 0 aliphatic carbocycles. The van der Waals surface area contributed by atoms with Crippen molar-refractivity contribution < 1.29 is 4.92 Å². The molecule has 0 aromatic rings. The van der Waals surface area contributed by atoms with Crippen LogP contribution in [0.1, 0.15) is 0 Å². The minimum Gasteiger partial charge on any atom is -0.264 e. The highest BCUT2D eigenvalue weighted by molar-refractivity contribution is 6.59. The monoisotopic (exact) mass is 189 g/mol. The van der Waals surface area contributed by atoms with Crippen molar-refractivity contribution in [2.45, 2.75) is 0 Å². The van der Waals surface area contributed by atoms with Crippen molar-refractivity contribution in [1.82, 2.24) is 0 Å². The molecule has 0 N–H and O–H groups in total. The first-order valence-electron chi connectivity index (χ1n) is 1.85. The Morgan fingerprint density at radius 2 is 1.89 bits per heavy atom. The lowest BCUT2D eigenvalue weighted by Crippen LogP contribution is -2.00. The van der Waals surface area contributed by atoms with Gasteiger partial charge in [-0.25, -0.2) is 0 Å². The Morgan fingerprint density at radius 1 is 1.44 bits per heavy atom. The van der Waals surface area contributed by atoms with Crippen LogP contribution >= 0.6 is 34.8 Å². The molecule has 0 amide bonds. The van der Waals surface area contributed by atoms with E-state index < -0.39 is 11.5 Å². The van der Waals surface area contributed by atoms with Gasteiger partial charge in [0.15, 0.2) is 0 Å². The van der Waals surface area contributed by atoms with Crippen molar-refractivity contribution in [2.24, 2.45) is 0 Å². The number of nitrogens with zero attached hydrogens (tertiary/aromatic N) is 1. The van der Waals surface area contributed by atoms with Crippen molar-refractivity contribution in [3.63, 3.8) is 0 Å². The van der Waals surface area contributed by atoms with Gasteiger partial charge in [0, 0.05) is 4.92 Å². The molecule has 0 heterocycles. The van der Waals surface area contributed by atoms with E-state index in [0.717, 1.165) is 0 Å². The second kappa shape index (κ2) is 3.93. The second-order valence-electron chi connectivity index (χ2n) is 1.16. The number of nitro groups is 1. The van der Waals surface area contributed by atoms with Crippen LogP contribution in [-0.4, -0.2) is 11.5 Å². The van der Waals surface area contributed by atoms with E-state index in [2.05, 4.69) is 0 Å². The summed E-state index contributed by atoms with van der Waals surface area (Å²) in [4.78, 5) is 9.07. The van der Waals surface area contributed by atoms with Crippen molar-refractivity contribution in [1.29, 1.82) is 0 Å². The third kappa shape index (κ3) is 4.51. The van der Waals surface area contributed by atoms with E-state index in [9.17, 15) is 10.1 Å². The average molecular weight is 190 g/mol. The summed E-state index contributed by atoms with van der Waals surface area (Å²) in [6.07, 6.45) is 0. The standard InChI is InChI=1S/C3H2Cl3NO2/c4-2(3(5)6)1-7(8)9/h1H2. The molecule has 0 atom stereocenters. The SMILES string of the molecule is O=[N+]([O-])CC(Cl)=C(Cl)Cl. The number of rotatable bonds is 2.